The number of furan rings is 1. The van der Waals surface area contributed by atoms with E-state index in [1.165, 1.54) is 12.7 Å². The molecule has 28 heavy (non-hydrogen) atoms. The maximum Gasteiger partial charge on any atom is 0.291 e. The molecule has 2 heterocycles. The average molecular weight is 404 g/mol. The second-order valence-corrected chi connectivity index (χ2v) is 7.54. The molecule has 2 aliphatic rings. The largest absolute Gasteiger partial charge is 0.459 e. The van der Waals surface area contributed by atoms with Crippen molar-refractivity contribution < 1.29 is 14.0 Å². The lowest BCUT2D eigenvalue weighted by atomic mass is 9.67. The van der Waals surface area contributed by atoms with Gasteiger partial charge < -0.3 is 20.4 Å². The van der Waals surface area contributed by atoms with Crippen LogP contribution in [0.4, 0.5) is 5.69 Å². The molecule has 4 rings (SSSR count). The first kappa shape index (κ1) is 20.4. The lowest BCUT2D eigenvalue weighted by molar-refractivity contribution is -0.134. The van der Waals surface area contributed by atoms with Gasteiger partial charge in [0.2, 0.25) is 5.91 Å². The summed E-state index contributed by atoms with van der Waals surface area (Å²) in [5, 5.41) is 9.33. The molecule has 2 atom stereocenters. The van der Waals surface area contributed by atoms with Crippen molar-refractivity contribution >= 4 is 29.9 Å². The summed E-state index contributed by atoms with van der Waals surface area (Å²) in [5.41, 5.74) is 1.47. The number of hydrogen-bond acceptors (Lipinski definition) is 4. The number of carbonyl (C=O) groups excluding carboxylic acids is 2. The van der Waals surface area contributed by atoms with Crippen LogP contribution in [0.15, 0.2) is 47.1 Å². The summed E-state index contributed by atoms with van der Waals surface area (Å²) in [7, 11) is 0. The predicted octanol–water partition coefficient (Wildman–Crippen LogP) is 3.35. The zero-order valence-electron chi connectivity index (χ0n) is 15.7. The number of halogens is 1. The fraction of sp³-hybridized carbons (Fsp3) is 0.429. The predicted molar refractivity (Wildman–Crippen MR) is 109 cm³/mol. The Labute approximate surface area is 170 Å². The highest BCUT2D eigenvalue weighted by Gasteiger charge is 2.49. The van der Waals surface area contributed by atoms with Gasteiger partial charge in [-0.3, -0.25) is 9.59 Å². The molecule has 1 aliphatic heterocycles. The Hall–Kier alpha value is -2.31. The van der Waals surface area contributed by atoms with Gasteiger partial charge in [0.1, 0.15) is 0 Å². The normalized spacial score (nSPS) is 23.4. The molecule has 150 valence electrons. The third kappa shape index (κ3) is 4.08. The van der Waals surface area contributed by atoms with Gasteiger partial charge in [0.25, 0.3) is 5.91 Å². The molecule has 1 saturated heterocycles. The van der Waals surface area contributed by atoms with Crippen LogP contribution >= 0.6 is 12.4 Å². The summed E-state index contributed by atoms with van der Waals surface area (Å²) in [6.07, 6.45) is 5.96. The Morgan fingerprint density at radius 2 is 2.00 bits per heavy atom. The van der Waals surface area contributed by atoms with E-state index in [4.69, 9.17) is 4.42 Å². The third-order valence-electron chi connectivity index (χ3n) is 5.90. The second-order valence-electron chi connectivity index (χ2n) is 7.54. The Balaban J connectivity index is 0.00000225. The molecule has 0 radical (unpaired) electrons. The Bertz CT molecular complexity index is 807. The van der Waals surface area contributed by atoms with Gasteiger partial charge in [-0.15, -0.1) is 12.4 Å². The fourth-order valence-corrected chi connectivity index (χ4v) is 4.36. The van der Waals surface area contributed by atoms with E-state index in [-0.39, 0.29) is 35.4 Å². The Morgan fingerprint density at radius 1 is 1.18 bits per heavy atom. The van der Waals surface area contributed by atoms with E-state index in [1.54, 1.807) is 12.1 Å². The maximum atomic E-state index is 12.9. The van der Waals surface area contributed by atoms with Crippen LogP contribution in [-0.2, 0) is 11.3 Å². The molecule has 2 fully saturated rings. The molecular weight excluding hydrogens is 378 g/mol. The molecule has 0 spiro atoms. The number of hydrogen-bond donors (Lipinski definition) is 3. The van der Waals surface area contributed by atoms with Crippen molar-refractivity contribution in [3.05, 3.63) is 54.0 Å². The first-order valence-corrected chi connectivity index (χ1v) is 9.60. The van der Waals surface area contributed by atoms with E-state index >= 15 is 0 Å². The third-order valence-corrected chi connectivity index (χ3v) is 5.90. The topological polar surface area (TPSA) is 83.4 Å². The smallest absolute Gasteiger partial charge is 0.291 e. The van der Waals surface area contributed by atoms with Crippen LogP contribution in [0.5, 0.6) is 0 Å². The molecule has 2 aromatic rings. The van der Waals surface area contributed by atoms with Crippen LogP contribution in [0.3, 0.4) is 0 Å². The number of amides is 2. The molecule has 7 heteroatoms. The minimum atomic E-state index is -0.280. The van der Waals surface area contributed by atoms with E-state index in [1.807, 2.05) is 24.3 Å². The van der Waals surface area contributed by atoms with E-state index in [0.717, 1.165) is 37.9 Å². The molecule has 1 saturated carbocycles. The van der Waals surface area contributed by atoms with Crippen molar-refractivity contribution in [2.45, 2.75) is 32.2 Å². The van der Waals surface area contributed by atoms with Gasteiger partial charge in [-0.25, -0.2) is 0 Å². The summed E-state index contributed by atoms with van der Waals surface area (Å²) in [6, 6.07) is 10.8. The molecule has 1 aliphatic carbocycles. The highest BCUT2D eigenvalue weighted by molar-refractivity contribution is 6.02. The summed E-state index contributed by atoms with van der Waals surface area (Å²) >= 11 is 0. The van der Waals surface area contributed by atoms with Crippen LogP contribution in [0.2, 0.25) is 0 Å². The van der Waals surface area contributed by atoms with Gasteiger partial charge in [0.05, 0.1) is 11.7 Å². The number of benzene rings is 1. The highest BCUT2D eigenvalue weighted by Crippen LogP contribution is 2.43. The standard InChI is InChI=1S/C21H25N3O3.ClH/c25-19(18-5-3-11-27-18)24-17-8-6-15(7-9-17)12-23-20(26)21-10-2-1-4-16(21)13-22-14-21;/h3,5-9,11,16,22H,1-2,4,10,12-14H2,(H,23,26)(H,24,25);1H/t16-,21+;/m0./s1. The van der Waals surface area contributed by atoms with E-state index in [0.29, 0.717) is 18.2 Å². The van der Waals surface area contributed by atoms with Gasteiger partial charge in [-0.1, -0.05) is 25.0 Å². The lowest BCUT2D eigenvalue weighted by Crippen LogP contribution is -2.47. The first-order chi connectivity index (χ1) is 13.2. The van der Waals surface area contributed by atoms with Crippen LogP contribution in [0.25, 0.3) is 0 Å². The lowest BCUT2D eigenvalue weighted by Gasteiger charge is -2.37. The Kier molecular flexibility index (Phi) is 6.42. The van der Waals surface area contributed by atoms with Crippen molar-refractivity contribution in [2.24, 2.45) is 11.3 Å². The van der Waals surface area contributed by atoms with Gasteiger partial charge in [-0.05, 0) is 55.1 Å². The van der Waals surface area contributed by atoms with E-state index in [9.17, 15) is 9.59 Å². The van der Waals surface area contributed by atoms with Crippen molar-refractivity contribution in [3.63, 3.8) is 0 Å². The molecular formula is C21H26ClN3O3. The summed E-state index contributed by atoms with van der Waals surface area (Å²) in [4.78, 5) is 24.9. The number of carbonyl (C=O) groups is 2. The number of anilines is 1. The molecule has 0 bridgehead atoms. The fourth-order valence-electron chi connectivity index (χ4n) is 4.36. The molecule has 2 amide bonds. The Morgan fingerprint density at radius 3 is 2.75 bits per heavy atom. The van der Waals surface area contributed by atoms with Crippen molar-refractivity contribution in [1.82, 2.24) is 10.6 Å². The van der Waals surface area contributed by atoms with E-state index < -0.39 is 0 Å². The summed E-state index contributed by atoms with van der Waals surface area (Å²) in [6.45, 7) is 2.25. The zero-order valence-corrected chi connectivity index (χ0v) is 16.5. The molecule has 1 aromatic carbocycles. The van der Waals surface area contributed by atoms with Crippen molar-refractivity contribution in [3.8, 4) is 0 Å². The van der Waals surface area contributed by atoms with Crippen molar-refractivity contribution in [1.29, 1.82) is 0 Å². The van der Waals surface area contributed by atoms with Crippen LogP contribution in [0, 0.1) is 11.3 Å². The highest BCUT2D eigenvalue weighted by atomic mass is 35.5. The SMILES string of the molecule is Cl.O=C(Nc1ccc(CNC(=O)[C@@]23CCCC[C@H]2CNC3)cc1)c1ccco1. The molecule has 1 aromatic heterocycles. The monoisotopic (exact) mass is 403 g/mol. The number of rotatable bonds is 5. The number of fused-ring (bicyclic) bond motifs is 1. The summed E-state index contributed by atoms with van der Waals surface area (Å²) in [5.74, 6) is 0.632. The van der Waals surface area contributed by atoms with Gasteiger partial charge >= 0.3 is 0 Å². The minimum absolute atomic E-state index is 0. The molecule has 6 nitrogen and oxygen atoms in total. The first-order valence-electron chi connectivity index (χ1n) is 9.60. The zero-order chi connectivity index (χ0) is 18.7. The minimum Gasteiger partial charge on any atom is -0.459 e. The average Bonchev–Trinajstić information content (AvgIpc) is 3.37. The van der Waals surface area contributed by atoms with Gasteiger partial charge in [-0.2, -0.15) is 0 Å². The quantitative estimate of drug-likeness (QED) is 0.714. The molecule has 3 N–H and O–H groups in total. The van der Waals surface area contributed by atoms with Crippen LogP contribution in [-0.4, -0.2) is 24.9 Å². The number of nitrogens with one attached hydrogen (secondary N) is 3. The van der Waals surface area contributed by atoms with Gasteiger partial charge in [0.15, 0.2) is 5.76 Å². The maximum absolute atomic E-state index is 12.9. The molecule has 0 unspecified atom stereocenters. The van der Waals surface area contributed by atoms with Crippen LogP contribution in [0.1, 0.15) is 41.8 Å². The summed E-state index contributed by atoms with van der Waals surface area (Å²) < 4.78 is 5.08. The second kappa shape index (κ2) is 8.80. The van der Waals surface area contributed by atoms with Crippen LogP contribution < -0.4 is 16.0 Å². The van der Waals surface area contributed by atoms with Gasteiger partial charge in [0, 0.05) is 18.8 Å². The van der Waals surface area contributed by atoms with Crippen molar-refractivity contribution in [2.75, 3.05) is 18.4 Å². The van der Waals surface area contributed by atoms with E-state index in [2.05, 4.69) is 16.0 Å².